The molecule has 2 N–H and O–H groups in total. The standard InChI is InChI=1S/C45H43F4N5O6S/c46-40-35-26-54(37-13-14-39(56)50-43(37)57)44(58)33(35)11-12-36(40)53-21-19-52(20-22-53)29-15-17-51(18-16-29)23-24-59-31-6-8-32(9-7-31)60-41-34-10-5-30(55)25-38(34)61-42(41)27-1-3-28(4-2-27)45(47,48)49/h1-12,25,29,37,55H,13-24,26H2,(H,50,56,57). The Bertz CT molecular complexity index is 2460. The number of piperidine rings is 2. The summed E-state index contributed by atoms with van der Waals surface area (Å²) >= 11 is 1.33. The lowest BCUT2D eigenvalue weighted by atomic mass is 10.0. The highest BCUT2D eigenvalue weighted by atomic mass is 32.1. The molecule has 318 valence electrons. The summed E-state index contributed by atoms with van der Waals surface area (Å²) in [5.41, 5.74) is 0.884. The number of thiophene rings is 1. The zero-order valence-corrected chi connectivity index (χ0v) is 33.9. The monoisotopic (exact) mass is 857 g/mol. The summed E-state index contributed by atoms with van der Waals surface area (Å²) < 4.78 is 68.8. The smallest absolute Gasteiger partial charge is 0.416 e. The molecule has 9 rings (SSSR count). The number of aromatic hydroxyl groups is 1. The highest BCUT2D eigenvalue weighted by Gasteiger charge is 2.41. The van der Waals surface area contributed by atoms with Crippen molar-refractivity contribution in [2.45, 2.75) is 50.5 Å². The Morgan fingerprint density at radius 3 is 2.26 bits per heavy atom. The zero-order valence-electron chi connectivity index (χ0n) is 33.1. The average molecular weight is 858 g/mol. The molecular weight excluding hydrogens is 815 g/mol. The molecule has 3 fully saturated rings. The lowest BCUT2D eigenvalue weighted by molar-refractivity contribution is -0.138. The number of nitrogens with zero attached hydrogens (tertiary/aromatic N) is 4. The van der Waals surface area contributed by atoms with E-state index in [9.17, 15) is 32.7 Å². The number of phenolic OH excluding ortho intramolecular Hbond substituents is 1. The summed E-state index contributed by atoms with van der Waals surface area (Å²) in [5, 5.41) is 13.1. The molecule has 5 aromatic rings. The molecule has 3 amide bonds. The molecule has 0 radical (unpaired) electrons. The van der Waals surface area contributed by atoms with Crippen LogP contribution in [0.2, 0.25) is 0 Å². The second kappa shape index (κ2) is 16.6. The first kappa shape index (κ1) is 40.7. The predicted octanol–water partition coefficient (Wildman–Crippen LogP) is 7.65. The van der Waals surface area contributed by atoms with Gasteiger partial charge < -0.3 is 24.4 Å². The molecule has 5 heterocycles. The summed E-state index contributed by atoms with van der Waals surface area (Å²) in [6.07, 6.45) is -2.04. The number of alkyl halides is 3. The quantitative estimate of drug-likeness (QED) is 0.108. The van der Waals surface area contributed by atoms with E-state index in [0.717, 1.165) is 67.8 Å². The largest absolute Gasteiger partial charge is 0.508 e. The van der Waals surface area contributed by atoms with Crippen LogP contribution in [0.15, 0.2) is 78.9 Å². The van der Waals surface area contributed by atoms with E-state index in [0.29, 0.717) is 64.7 Å². The number of nitrogens with one attached hydrogen (secondary N) is 1. The van der Waals surface area contributed by atoms with Crippen LogP contribution >= 0.6 is 11.3 Å². The van der Waals surface area contributed by atoms with Gasteiger partial charge in [-0.05, 0) is 105 Å². The minimum absolute atomic E-state index is 0.00652. The van der Waals surface area contributed by atoms with Crippen LogP contribution in [0.1, 0.15) is 47.2 Å². The van der Waals surface area contributed by atoms with Crippen molar-refractivity contribution in [2.24, 2.45) is 0 Å². The molecule has 4 aliphatic heterocycles. The van der Waals surface area contributed by atoms with Crippen LogP contribution in [0.4, 0.5) is 23.2 Å². The van der Waals surface area contributed by atoms with E-state index in [4.69, 9.17) is 9.47 Å². The molecule has 16 heteroatoms. The van der Waals surface area contributed by atoms with Crippen molar-refractivity contribution in [3.8, 4) is 33.4 Å². The summed E-state index contributed by atoms with van der Waals surface area (Å²) in [6, 6.07) is 20.0. The molecule has 4 aromatic carbocycles. The molecule has 0 saturated carbocycles. The number of piperazine rings is 1. The number of carbonyl (C=O) groups is 3. The second-order valence-corrected chi connectivity index (χ2v) is 16.9. The Hall–Kier alpha value is -5.71. The van der Waals surface area contributed by atoms with Gasteiger partial charge in [0.1, 0.15) is 29.9 Å². The lowest BCUT2D eigenvalue weighted by Crippen LogP contribution is -2.53. The average Bonchev–Trinajstić information content (AvgIpc) is 3.78. The Morgan fingerprint density at radius 2 is 1.56 bits per heavy atom. The van der Waals surface area contributed by atoms with Crippen LogP contribution in [0, 0.1) is 5.82 Å². The maximum Gasteiger partial charge on any atom is 0.416 e. The zero-order chi connectivity index (χ0) is 42.4. The predicted molar refractivity (Wildman–Crippen MR) is 222 cm³/mol. The van der Waals surface area contributed by atoms with Crippen LogP contribution < -0.4 is 19.7 Å². The molecule has 61 heavy (non-hydrogen) atoms. The number of ether oxygens (including phenoxy) is 2. The third kappa shape index (κ3) is 8.36. The molecule has 0 spiro atoms. The van der Waals surface area contributed by atoms with Crippen molar-refractivity contribution in [3.63, 3.8) is 0 Å². The molecule has 11 nitrogen and oxygen atoms in total. The van der Waals surface area contributed by atoms with E-state index >= 15 is 4.39 Å². The maximum absolute atomic E-state index is 15.9. The fourth-order valence-electron chi connectivity index (χ4n) is 8.85. The van der Waals surface area contributed by atoms with Gasteiger partial charge in [-0.2, -0.15) is 13.2 Å². The van der Waals surface area contributed by atoms with Crippen molar-refractivity contribution >= 4 is 44.8 Å². The second-order valence-electron chi connectivity index (χ2n) is 15.9. The number of imide groups is 1. The number of fused-ring (bicyclic) bond motifs is 2. The number of amides is 3. The number of hydrogen-bond donors (Lipinski definition) is 2. The van der Waals surface area contributed by atoms with Gasteiger partial charge in [0.05, 0.1) is 22.7 Å². The Kier molecular flexibility index (Phi) is 11.1. The van der Waals surface area contributed by atoms with E-state index < -0.39 is 29.5 Å². The van der Waals surface area contributed by atoms with Gasteiger partial charge in [-0.25, -0.2) is 4.39 Å². The minimum Gasteiger partial charge on any atom is -0.508 e. The molecule has 0 bridgehead atoms. The first-order valence-corrected chi connectivity index (χ1v) is 21.2. The number of rotatable bonds is 10. The first-order valence-electron chi connectivity index (χ1n) is 20.4. The van der Waals surface area contributed by atoms with Gasteiger partial charge in [0, 0.05) is 66.4 Å². The van der Waals surface area contributed by atoms with Crippen molar-refractivity contribution in [2.75, 3.05) is 57.3 Å². The van der Waals surface area contributed by atoms with Crippen LogP contribution in [0.5, 0.6) is 23.0 Å². The number of phenols is 1. The van der Waals surface area contributed by atoms with Gasteiger partial charge in [0.25, 0.3) is 5.91 Å². The molecular formula is C45H43F4N5O6S. The summed E-state index contributed by atoms with van der Waals surface area (Å²) in [6.45, 7) is 6.07. The highest BCUT2D eigenvalue weighted by Crippen LogP contribution is 2.48. The Labute approximate surface area is 353 Å². The van der Waals surface area contributed by atoms with E-state index in [1.807, 2.05) is 17.0 Å². The molecule has 1 atom stereocenters. The molecule has 3 saturated heterocycles. The number of carbonyl (C=O) groups excluding carboxylic acids is 3. The summed E-state index contributed by atoms with van der Waals surface area (Å²) in [5.74, 6) is 0.102. The normalized spacial score (nSPS) is 19.4. The molecule has 4 aliphatic rings. The van der Waals surface area contributed by atoms with Crippen molar-refractivity contribution in [1.82, 2.24) is 20.0 Å². The SMILES string of the molecule is O=C1CCC(N2Cc3c(ccc(N4CCN(C5CCN(CCOc6ccc(Oc7c(-c8ccc(C(F)(F)F)cc8)sc8cc(O)ccc78)cc6)CC5)CC4)c3F)C2=O)C(=O)N1. The van der Waals surface area contributed by atoms with Crippen LogP contribution in [0.25, 0.3) is 20.5 Å². The van der Waals surface area contributed by atoms with Crippen LogP contribution in [-0.4, -0.2) is 102 Å². The number of halogens is 4. The van der Waals surface area contributed by atoms with Gasteiger partial charge in [-0.3, -0.25) is 29.5 Å². The topological polar surface area (TPSA) is 115 Å². The van der Waals surface area contributed by atoms with E-state index in [1.54, 1.807) is 42.5 Å². The van der Waals surface area contributed by atoms with E-state index in [-0.39, 0.29) is 42.5 Å². The number of anilines is 1. The van der Waals surface area contributed by atoms with Crippen LogP contribution in [-0.2, 0) is 22.3 Å². The highest BCUT2D eigenvalue weighted by molar-refractivity contribution is 7.22. The fraction of sp³-hybridized carbons (Fsp3) is 0.356. The maximum atomic E-state index is 15.9. The van der Waals surface area contributed by atoms with E-state index in [2.05, 4.69) is 15.1 Å². The number of benzene rings is 4. The summed E-state index contributed by atoms with van der Waals surface area (Å²) in [7, 11) is 0. The first-order chi connectivity index (χ1) is 29.4. The fourth-order valence-corrected chi connectivity index (χ4v) is 10.0. The van der Waals surface area contributed by atoms with Crippen molar-refractivity contribution < 1.29 is 46.5 Å². The third-order valence-corrected chi connectivity index (χ3v) is 13.4. The van der Waals surface area contributed by atoms with Gasteiger partial charge in [0.15, 0.2) is 11.6 Å². The Morgan fingerprint density at radius 1 is 0.836 bits per heavy atom. The summed E-state index contributed by atoms with van der Waals surface area (Å²) in [4.78, 5) is 46.1. The molecule has 0 aliphatic carbocycles. The minimum atomic E-state index is -4.44. The van der Waals surface area contributed by atoms with Crippen LogP contribution in [0.3, 0.4) is 0 Å². The van der Waals surface area contributed by atoms with Crippen molar-refractivity contribution in [1.29, 1.82) is 0 Å². The lowest BCUT2D eigenvalue weighted by Gasteiger charge is -2.43. The van der Waals surface area contributed by atoms with Gasteiger partial charge in [-0.15, -0.1) is 11.3 Å². The molecule has 1 aromatic heterocycles. The molecule has 1 unspecified atom stereocenters. The van der Waals surface area contributed by atoms with Crippen molar-refractivity contribution in [3.05, 3.63) is 101 Å². The van der Waals surface area contributed by atoms with E-state index in [1.165, 1.54) is 28.4 Å². The van der Waals surface area contributed by atoms with Gasteiger partial charge >= 0.3 is 6.18 Å². The van der Waals surface area contributed by atoms with Gasteiger partial charge in [-0.1, -0.05) is 12.1 Å². The Balaban J connectivity index is 0.739. The number of hydrogen-bond acceptors (Lipinski definition) is 10. The van der Waals surface area contributed by atoms with Gasteiger partial charge in [0.2, 0.25) is 11.8 Å². The third-order valence-electron chi connectivity index (χ3n) is 12.2. The number of likely N-dealkylation sites (tertiary alicyclic amines) is 1.